The smallest absolute Gasteiger partial charge is 0.249 e. The molecule has 1 heterocycles. The summed E-state index contributed by atoms with van der Waals surface area (Å²) in [4.78, 5) is 25.7. The van der Waals surface area contributed by atoms with Crippen LogP contribution >= 0.6 is 12.4 Å². The van der Waals surface area contributed by atoms with E-state index >= 15 is 0 Å². The summed E-state index contributed by atoms with van der Waals surface area (Å²) in [5, 5.41) is 2.61. The van der Waals surface area contributed by atoms with Gasteiger partial charge in [-0.05, 0) is 24.1 Å². The number of hydrogen-bond acceptors (Lipinski definition) is 3. The predicted octanol–water partition coefficient (Wildman–Crippen LogP) is 2.70. The maximum Gasteiger partial charge on any atom is 0.249 e. The molecule has 27 heavy (non-hydrogen) atoms. The van der Waals surface area contributed by atoms with Crippen LogP contribution in [-0.2, 0) is 9.59 Å². The zero-order valence-electron chi connectivity index (χ0n) is 14.4. The highest BCUT2D eigenvalue weighted by molar-refractivity contribution is 6.01. The molecule has 1 aliphatic rings. The van der Waals surface area contributed by atoms with Crippen molar-refractivity contribution in [2.75, 3.05) is 11.4 Å². The first-order chi connectivity index (χ1) is 12.5. The van der Waals surface area contributed by atoms with E-state index in [-0.39, 0.29) is 43.4 Å². The number of halogens is 3. The average molecular weight is 396 g/mol. The van der Waals surface area contributed by atoms with Crippen LogP contribution in [0.2, 0.25) is 0 Å². The molecule has 3 N–H and O–H groups in total. The third-order valence-corrected chi connectivity index (χ3v) is 4.38. The van der Waals surface area contributed by atoms with E-state index in [9.17, 15) is 18.4 Å². The van der Waals surface area contributed by atoms with E-state index in [0.29, 0.717) is 0 Å². The number of para-hydroxylation sites is 1. The first-order valence-corrected chi connectivity index (χ1v) is 8.32. The van der Waals surface area contributed by atoms with Crippen LogP contribution in [0.4, 0.5) is 14.5 Å². The summed E-state index contributed by atoms with van der Waals surface area (Å²) in [7, 11) is 0. The van der Waals surface area contributed by atoms with E-state index in [1.807, 2.05) is 30.3 Å². The average Bonchev–Trinajstić information content (AvgIpc) is 2.96. The van der Waals surface area contributed by atoms with Gasteiger partial charge < -0.3 is 16.0 Å². The molecule has 8 heteroatoms. The van der Waals surface area contributed by atoms with Crippen molar-refractivity contribution in [3.05, 3.63) is 65.7 Å². The number of hydrogen-bond donors (Lipinski definition) is 2. The first kappa shape index (κ1) is 20.8. The van der Waals surface area contributed by atoms with Crippen LogP contribution in [0, 0.1) is 11.6 Å². The molecular formula is C19H20ClF2N3O2. The Morgan fingerprint density at radius 1 is 1.15 bits per heavy atom. The van der Waals surface area contributed by atoms with E-state index in [2.05, 4.69) is 5.32 Å². The van der Waals surface area contributed by atoms with Crippen molar-refractivity contribution in [1.29, 1.82) is 0 Å². The summed E-state index contributed by atoms with van der Waals surface area (Å²) in [5.41, 5.74) is 6.44. The fourth-order valence-corrected chi connectivity index (χ4v) is 3.05. The third kappa shape index (κ3) is 4.61. The molecule has 5 nitrogen and oxygen atoms in total. The zero-order valence-corrected chi connectivity index (χ0v) is 15.2. The SMILES string of the molecule is Cl.NC(CC(=O)NC1CCN(c2c(F)cccc2F)C1=O)c1ccccc1. The standard InChI is InChI=1S/C19H19F2N3O2.ClH/c20-13-7-4-8-14(21)18(13)24-10-9-16(19(24)26)23-17(25)11-15(22)12-5-2-1-3-6-12;/h1-8,15-16H,9-11,22H2,(H,23,25);1H. The molecule has 2 aromatic rings. The Labute approximate surface area is 161 Å². The number of rotatable bonds is 5. The molecular weight excluding hydrogens is 376 g/mol. The molecule has 0 aliphatic carbocycles. The number of amides is 2. The quantitative estimate of drug-likeness (QED) is 0.817. The third-order valence-electron chi connectivity index (χ3n) is 4.38. The summed E-state index contributed by atoms with van der Waals surface area (Å²) in [6, 6.07) is 11.3. The Balaban J connectivity index is 0.00000261. The van der Waals surface area contributed by atoms with E-state index in [4.69, 9.17) is 5.73 Å². The number of nitrogens with one attached hydrogen (secondary N) is 1. The maximum absolute atomic E-state index is 13.9. The Hall–Kier alpha value is -2.51. The van der Waals surface area contributed by atoms with Gasteiger partial charge in [0.1, 0.15) is 23.4 Å². The van der Waals surface area contributed by atoms with E-state index in [1.54, 1.807) is 0 Å². The number of anilines is 1. The van der Waals surface area contributed by atoms with E-state index in [1.165, 1.54) is 6.07 Å². The van der Waals surface area contributed by atoms with Gasteiger partial charge in [0, 0.05) is 19.0 Å². The lowest BCUT2D eigenvalue weighted by Crippen LogP contribution is -2.42. The molecule has 0 aromatic heterocycles. The van der Waals surface area contributed by atoms with Gasteiger partial charge in [-0.3, -0.25) is 9.59 Å². The molecule has 2 unspecified atom stereocenters. The van der Waals surface area contributed by atoms with Gasteiger partial charge in [-0.15, -0.1) is 12.4 Å². The molecule has 144 valence electrons. The molecule has 2 amide bonds. The van der Waals surface area contributed by atoms with Crippen molar-refractivity contribution in [2.45, 2.75) is 24.9 Å². The molecule has 0 spiro atoms. The highest BCUT2D eigenvalue weighted by Gasteiger charge is 2.36. The molecule has 2 aromatic carbocycles. The van der Waals surface area contributed by atoms with Crippen molar-refractivity contribution in [1.82, 2.24) is 5.32 Å². The van der Waals surface area contributed by atoms with Gasteiger partial charge in [-0.1, -0.05) is 36.4 Å². The van der Waals surface area contributed by atoms with Gasteiger partial charge in [-0.2, -0.15) is 0 Å². The topological polar surface area (TPSA) is 75.4 Å². The minimum Gasteiger partial charge on any atom is -0.344 e. The summed E-state index contributed by atoms with van der Waals surface area (Å²) < 4.78 is 27.8. The van der Waals surface area contributed by atoms with Crippen molar-refractivity contribution < 1.29 is 18.4 Å². The van der Waals surface area contributed by atoms with Crippen molar-refractivity contribution in [2.24, 2.45) is 5.73 Å². The molecule has 3 rings (SSSR count). The van der Waals surface area contributed by atoms with E-state index in [0.717, 1.165) is 22.6 Å². The van der Waals surface area contributed by atoms with Gasteiger partial charge >= 0.3 is 0 Å². The van der Waals surface area contributed by atoms with Crippen LogP contribution in [0.25, 0.3) is 0 Å². The van der Waals surface area contributed by atoms with E-state index < -0.39 is 29.6 Å². The molecule has 0 bridgehead atoms. The predicted molar refractivity (Wildman–Crippen MR) is 100 cm³/mol. The minimum atomic E-state index is -0.815. The van der Waals surface area contributed by atoms with Gasteiger partial charge in [0.15, 0.2) is 0 Å². The number of nitrogens with zero attached hydrogens (tertiary/aromatic N) is 1. The monoisotopic (exact) mass is 395 g/mol. The lowest BCUT2D eigenvalue weighted by molar-refractivity contribution is -0.126. The zero-order chi connectivity index (χ0) is 18.7. The number of carbonyl (C=O) groups excluding carboxylic acids is 2. The summed E-state index contributed by atoms with van der Waals surface area (Å²) >= 11 is 0. The van der Waals surface area contributed by atoms with Crippen molar-refractivity contribution >= 4 is 29.9 Å². The molecule has 1 saturated heterocycles. The lowest BCUT2D eigenvalue weighted by Gasteiger charge is -2.19. The van der Waals surface area contributed by atoms with Crippen LogP contribution in [-0.4, -0.2) is 24.4 Å². The summed E-state index contributed by atoms with van der Waals surface area (Å²) in [6.07, 6.45) is 0.292. The van der Waals surface area contributed by atoms with Crippen LogP contribution < -0.4 is 16.0 Å². The summed E-state index contributed by atoms with van der Waals surface area (Å²) in [6.45, 7) is 0.131. The fraction of sp³-hybridized carbons (Fsp3) is 0.263. The Morgan fingerprint density at radius 2 is 1.78 bits per heavy atom. The second-order valence-electron chi connectivity index (χ2n) is 6.19. The maximum atomic E-state index is 13.9. The molecule has 2 atom stereocenters. The Bertz CT molecular complexity index is 800. The van der Waals surface area contributed by atoms with Crippen LogP contribution in [0.1, 0.15) is 24.4 Å². The molecule has 1 fully saturated rings. The van der Waals surface area contributed by atoms with Gasteiger partial charge in [0.05, 0.1) is 0 Å². The van der Waals surface area contributed by atoms with Crippen LogP contribution in [0.15, 0.2) is 48.5 Å². The molecule has 0 radical (unpaired) electrons. The fourth-order valence-electron chi connectivity index (χ4n) is 3.05. The molecule has 1 aliphatic heterocycles. The minimum absolute atomic E-state index is 0. The normalized spacial score (nSPS) is 17.4. The first-order valence-electron chi connectivity index (χ1n) is 8.32. The molecule has 0 saturated carbocycles. The highest BCUT2D eigenvalue weighted by Crippen LogP contribution is 2.27. The number of benzene rings is 2. The number of nitrogens with two attached hydrogens (primary N) is 1. The van der Waals surface area contributed by atoms with Crippen molar-refractivity contribution in [3.8, 4) is 0 Å². The number of carbonyl (C=O) groups is 2. The Morgan fingerprint density at radius 3 is 2.41 bits per heavy atom. The van der Waals surface area contributed by atoms with Crippen molar-refractivity contribution in [3.63, 3.8) is 0 Å². The van der Waals surface area contributed by atoms with Crippen LogP contribution in [0.5, 0.6) is 0 Å². The lowest BCUT2D eigenvalue weighted by atomic mass is 10.0. The Kier molecular flexibility index (Phi) is 6.87. The van der Waals surface area contributed by atoms with Gasteiger partial charge in [0.2, 0.25) is 11.8 Å². The largest absolute Gasteiger partial charge is 0.344 e. The van der Waals surface area contributed by atoms with Gasteiger partial charge in [0.25, 0.3) is 0 Å². The second kappa shape index (κ2) is 8.92. The van der Waals surface area contributed by atoms with Gasteiger partial charge in [-0.25, -0.2) is 8.78 Å². The second-order valence-corrected chi connectivity index (χ2v) is 6.19. The summed E-state index contributed by atoms with van der Waals surface area (Å²) in [5.74, 6) is -2.53. The van der Waals surface area contributed by atoms with Crippen LogP contribution in [0.3, 0.4) is 0 Å². The highest BCUT2D eigenvalue weighted by atomic mass is 35.5.